The molecule has 2 rings (SSSR count). The van der Waals surface area contributed by atoms with Crippen molar-refractivity contribution in [1.82, 2.24) is 15.0 Å². The minimum absolute atomic E-state index is 0.497. The Morgan fingerprint density at radius 2 is 2.29 bits per heavy atom. The summed E-state index contributed by atoms with van der Waals surface area (Å²) in [5.74, 6) is 0. The van der Waals surface area contributed by atoms with Gasteiger partial charge in [0.25, 0.3) is 0 Å². The molecule has 2 heterocycles. The molecule has 0 aromatic carbocycles. The Kier molecular flexibility index (Phi) is 2.81. The minimum atomic E-state index is 0.497. The SMILES string of the molecule is NCc1cccnc1Sc1ncc[nH]1. The highest BCUT2D eigenvalue weighted by Crippen LogP contribution is 2.24. The Morgan fingerprint density at radius 3 is 3.00 bits per heavy atom. The van der Waals surface area contributed by atoms with Gasteiger partial charge in [0.15, 0.2) is 5.16 Å². The molecule has 3 N–H and O–H groups in total. The molecule has 0 unspecified atom stereocenters. The molecule has 0 saturated heterocycles. The zero-order valence-electron chi connectivity index (χ0n) is 7.47. The van der Waals surface area contributed by atoms with E-state index in [-0.39, 0.29) is 0 Å². The van der Waals surface area contributed by atoms with Crippen molar-refractivity contribution in [2.24, 2.45) is 5.73 Å². The van der Waals surface area contributed by atoms with Crippen molar-refractivity contribution in [1.29, 1.82) is 0 Å². The van der Waals surface area contributed by atoms with Gasteiger partial charge in [-0.1, -0.05) is 6.07 Å². The predicted molar refractivity (Wildman–Crippen MR) is 54.8 cm³/mol. The van der Waals surface area contributed by atoms with E-state index < -0.39 is 0 Å². The zero-order valence-corrected chi connectivity index (χ0v) is 8.29. The number of rotatable bonds is 3. The number of hydrogen-bond donors (Lipinski definition) is 2. The van der Waals surface area contributed by atoms with Crippen molar-refractivity contribution in [3.8, 4) is 0 Å². The first-order valence-corrected chi connectivity index (χ1v) is 5.03. The van der Waals surface area contributed by atoms with Gasteiger partial charge in [-0.3, -0.25) is 0 Å². The summed E-state index contributed by atoms with van der Waals surface area (Å²) in [4.78, 5) is 11.4. The maximum atomic E-state index is 5.60. The number of imidazole rings is 1. The maximum absolute atomic E-state index is 5.60. The fourth-order valence-corrected chi connectivity index (χ4v) is 1.89. The van der Waals surface area contributed by atoms with Crippen molar-refractivity contribution in [2.75, 3.05) is 0 Å². The lowest BCUT2D eigenvalue weighted by atomic mass is 10.3. The Morgan fingerprint density at radius 1 is 1.36 bits per heavy atom. The lowest BCUT2D eigenvalue weighted by molar-refractivity contribution is 0.953. The van der Waals surface area contributed by atoms with Crippen LogP contribution in [0.2, 0.25) is 0 Å². The monoisotopic (exact) mass is 206 g/mol. The third-order valence-electron chi connectivity index (χ3n) is 1.74. The van der Waals surface area contributed by atoms with Crippen LogP contribution in [0.3, 0.4) is 0 Å². The average molecular weight is 206 g/mol. The summed E-state index contributed by atoms with van der Waals surface area (Å²) in [5, 5.41) is 1.74. The zero-order chi connectivity index (χ0) is 9.80. The van der Waals surface area contributed by atoms with Gasteiger partial charge in [0.2, 0.25) is 0 Å². The van der Waals surface area contributed by atoms with Gasteiger partial charge in [-0.15, -0.1) is 0 Å². The molecule has 5 heteroatoms. The summed E-state index contributed by atoms with van der Waals surface area (Å²) >= 11 is 1.49. The molecule has 0 aliphatic rings. The average Bonchev–Trinajstić information content (AvgIpc) is 2.71. The second kappa shape index (κ2) is 4.26. The summed E-state index contributed by atoms with van der Waals surface area (Å²) < 4.78 is 0. The molecule has 0 radical (unpaired) electrons. The van der Waals surface area contributed by atoms with Crippen LogP contribution in [-0.4, -0.2) is 15.0 Å². The maximum Gasteiger partial charge on any atom is 0.171 e. The van der Waals surface area contributed by atoms with Crippen LogP contribution in [0.5, 0.6) is 0 Å². The van der Waals surface area contributed by atoms with E-state index in [4.69, 9.17) is 5.73 Å². The van der Waals surface area contributed by atoms with Gasteiger partial charge in [0.1, 0.15) is 5.03 Å². The van der Waals surface area contributed by atoms with Crippen molar-refractivity contribution < 1.29 is 0 Å². The Labute approximate surface area is 86.0 Å². The molecule has 72 valence electrons. The normalized spacial score (nSPS) is 10.4. The van der Waals surface area contributed by atoms with E-state index in [2.05, 4.69) is 15.0 Å². The smallest absolute Gasteiger partial charge is 0.171 e. The molecule has 0 saturated carbocycles. The van der Waals surface area contributed by atoms with Crippen molar-refractivity contribution in [3.63, 3.8) is 0 Å². The molecule has 0 aliphatic carbocycles. The van der Waals surface area contributed by atoms with E-state index in [0.29, 0.717) is 6.54 Å². The highest BCUT2D eigenvalue weighted by atomic mass is 32.2. The number of aromatic nitrogens is 3. The van der Waals surface area contributed by atoms with Gasteiger partial charge in [-0.25, -0.2) is 9.97 Å². The van der Waals surface area contributed by atoms with Gasteiger partial charge < -0.3 is 10.7 Å². The van der Waals surface area contributed by atoms with Crippen molar-refractivity contribution in [2.45, 2.75) is 16.7 Å². The van der Waals surface area contributed by atoms with Crippen LogP contribution in [-0.2, 0) is 6.54 Å². The molecule has 2 aromatic rings. The van der Waals surface area contributed by atoms with Gasteiger partial charge in [-0.2, -0.15) is 0 Å². The first-order chi connectivity index (χ1) is 6.90. The first kappa shape index (κ1) is 9.23. The Bertz CT molecular complexity index is 399. The van der Waals surface area contributed by atoms with Crippen LogP contribution >= 0.6 is 11.8 Å². The fraction of sp³-hybridized carbons (Fsp3) is 0.111. The quantitative estimate of drug-likeness (QED) is 0.796. The van der Waals surface area contributed by atoms with Gasteiger partial charge in [0.05, 0.1) is 0 Å². The first-order valence-electron chi connectivity index (χ1n) is 4.21. The molecule has 0 aliphatic heterocycles. The van der Waals surface area contributed by atoms with Crippen LogP contribution in [0.4, 0.5) is 0 Å². The van der Waals surface area contributed by atoms with E-state index in [9.17, 15) is 0 Å². The molecule has 0 amide bonds. The molecule has 0 bridgehead atoms. The standard InChI is InChI=1S/C9H10N4S/c10-6-7-2-1-3-11-8(7)14-9-12-4-5-13-9/h1-5H,6,10H2,(H,12,13). The highest BCUT2D eigenvalue weighted by Gasteiger charge is 2.04. The fourth-order valence-electron chi connectivity index (χ4n) is 1.07. The number of nitrogens with zero attached hydrogens (tertiary/aromatic N) is 2. The van der Waals surface area contributed by atoms with E-state index in [1.54, 1.807) is 18.6 Å². The molecular weight excluding hydrogens is 196 g/mol. The largest absolute Gasteiger partial charge is 0.339 e. The number of pyridine rings is 1. The van der Waals surface area contributed by atoms with Gasteiger partial charge in [0, 0.05) is 25.1 Å². The van der Waals surface area contributed by atoms with Gasteiger partial charge >= 0.3 is 0 Å². The summed E-state index contributed by atoms with van der Waals surface area (Å²) in [7, 11) is 0. The lowest BCUT2D eigenvalue weighted by Crippen LogP contribution is -1.99. The number of nitrogens with two attached hydrogens (primary N) is 1. The van der Waals surface area contributed by atoms with Crippen molar-refractivity contribution >= 4 is 11.8 Å². The molecular formula is C9H10N4S. The highest BCUT2D eigenvalue weighted by molar-refractivity contribution is 7.99. The number of nitrogens with one attached hydrogen (secondary N) is 1. The summed E-state index contributed by atoms with van der Waals surface area (Å²) in [6.07, 6.45) is 5.26. The second-order valence-electron chi connectivity index (χ2n) is 2.67. The van der Waals surface area contributed by atoms with Crippen LogP contribution < -0.4 is 5.73 Å². The predicted octanol–water partition coefficient (Wildman–Crippen LogP) is 1.41. The summed E-state index contributed by atoms with van der Waals surface area (Å²) in [6.45, 7) is 0.497. The molecule has 0 atom stereocenters. The third-order valence-corrected chi connectivity index (χ3v) is 2.71. The number of aromatic amines is 1. The molecule has 2 aromatic heterocycles. The third kappa shape index (κ3) is 1.94. The van der Waals surface area contributed by atoms with E-state index in [1.165, 1.54) is 11.8 Å². The van der Waals surface area contributed by atoms with Crippen molar-refractivity contribution in [3.05, 3.63) is 36.3 Å². The summed E-state index contributed by atoms with van der Waals surface area (Å²) in [5.41, 5.74) is 6.63. The summed E-state index contributed by atoms with van der Waals surface area (Å²) in [6, 6.07) is 3.85. The Balaban J connectivity index is 2.24. The molecule has 0 fully saturated rings. The topological polar surface area (TPSA) is 67.6 Å². The van der Waals surface area contributed by atoms with Crippen LogP contribution in [0.15, 0.2) is 40.9 Å². The molecule has 4 nitrogen and oxygen atoms in total. The van der Waals surface area contributed by atoms with E-state index >= 15 is 0 Å². The van der Waals surface area contributed by atoms with Gasteiger partial charge in [-0.05, 0) is 23.4 Å². The molecule has 0 spiro atoms. The van der Waals surface area contributed by atoms with Crippen LogP contribution in [0.25, 0.3) is 0 Å². The second-order valence-corrected chi connectivity index (χ2v) is 3.65. The van der Waals surface area contributed by atoms with Crippen LogP contribution in [0, 0.1) is 0 Å². The van der Waals surface area contributed by atoms with Crippen LogP contribution in [0.1, 0.15) is 5.56 Å². The Hall–Kier alpha value is -1.33. The molecule has 14 heavy (non-hydrogen) atoms. The lowest BCUT2D eigenvalue weighted by Gasteiger charge is -2.02. The van der Waals surface area contributed by atoms with E-state index in [0.717, 1.165) is 15.7 Å². The minimum Gasteiger partial charge on any atom is -0.339 e. The number of H-pyrrole nitrogens is 1. The van der Waals surface area contributed by atoms with E-state index in [1.807, 2.05) is 12.1 Å². The number of hydrogen-bond acceptors (Lipinski definition) is 4.